The van der Waals surface area contributed by atoms with Gasteiger partial charge in [-0.05, 0) is 25.0 Å². The zero-order valence-corrected chi connectivity index (χ0v) is 10.4. The highest BCUT2D eigenvalue weighted by molar-refractivity contribution is 5.97. The van der Waals surface area contributed by atoms with Crippen LogP contribution in [0.25, 0.3) is 0 Å². The maximum Gasteiger partial charge on any atom is 0.257 e. The van der Waals surface area contributed by atoms with Gasteiger partial charge in [-0.3, -0.25) is 9.59 Å². The molecule has 0 radical (unpaired) electrons. The lowest BCUT2D eigenvalue weighted by molar-refractivity contribution is -0.123. The van der Waals surface area contributed by atoms with Gasteiger partial charge in [-0.25, -0.2) is 0 Å². The molecule has 0 unspecified atom stereocenters. The number of amides is 2. The number of phenols is 2. The summed E-state index contributed by atoms with van der Waals surface area (Å²) in [4.78, 5) is 24.8. The number of hydrogen-bond acceptors (Lipinski definition) is 4. The van der Waals surface area contributed by atoms with Crippen molar-refractivity contribution in [3.8, 4) is 11.5 Å². The Morgan fingerprint density at radius 3 is 2.42 bits per heavy atom. The molecule has 2 amide bonds. The lowest BCUT2D eigenvalue weighted by Crippen LogP contribution is -2.41. The third-order valence-electron chi connectivity index (χ3n) is 3.43. The molecule has 0 saturated carbocycles. The number of benzene rings is 1. The van der Waals surface area contributed by atoms with Crippen LogP contribution < -0.4 is 5.73 Å². The molecule has 6 nitrogen and oxygen atoms in total. The van der Waals surface area contributed by atoms with Gasteiger partial charge in [0.1, 0.15) is 0 Å². The fourth-order valence-corrected chi connectivity index (χ4v) is 2.24. The fourth-order valence-electron chi connectivity index (χ4n) is 2.24. The Balaban J connectivity index is 2.09. The second-order valence-electron chi connectivity index (χ2n) is 4.64. The second-order valence-corrected chi connectivity index (χ2v) is 4.64. The Morgan fingerprint density at radius 2 is 1.84 bits per heavy atom. The molecule has 0 aromatic heterocycles. The van der Waals surface area contributed by atoms with Crippen LogP contribution in [0, 0.1) is 5.92 Å². The van der Waals surface area contributed by atoms with Gasteiger partial charge in [0.15, 0.2) is 11.5 Å². The van der Waals surface area contributed by atoms with Crippen molar-refractivity contribution < 1.29 is 19.8 Å². The highest BCUT2D eigenvalue weighted by Gasteiger charge is 2.27. The summed E-state index contributed by atoms with van der Waals surface area (Å²) in [6, 6.07) is 4.27. The molecule has 0 aliphatic carbocycles. The Labute approximate surface area is 110 Å². The van der Waals surface area contributed by atoms with Crippen LogP contribution in [0.3, 0.4) is 0 Å². The van der Waals surface area contributed by atoms with E-state index in [0.717, 1.165) is 0 Å². The topological polar surface area (TPSA) is 104 Å². The van der Waals surface area contributed by atoms with Crippen molar-refractivity contribution in [3.05, 3.63) is 23.8 Å². The molecule has 102 valence electrons. The zero-order chi connectivity index (χ0) is 14.0. The van der Waals surface area contributed by atoms with Crippen LogP contribution in [0.15, 0.2) is 18.2 Å². The lowest BCUT2D eigenvalue weighted by Gasteiger charge is -2.30. The molecule has 1 aliphatic rings. The molecule has 1 heterocycles. The minimum Gasteiger partial charge on any atom is -0.504 e. The summed E-state index contributed by atoms with van der Waals surface area (Å²) in [5, 5.41) is 19.0. The number of rotatable bonds is 2. The van der Waals surface area contributed by atoms with E-state index < -0.39 is 5.75 Å². The molecule has 0 atom stereocenters. The highest BCUT2D eigenvalue weighted by atomic mass is 16.3. The van der Waals surface area contributed by atoms with E-state index in [4.69, 9.17) is 5.73 Å². The summed E-state index contributed by atoms with van der Waals surface area (Å²) in [5.41, 5.74) is 5.30. The van der Waals surface area contributed by atoms with E-state index in [2.05, 4.69) is 0 Å². The van der Waals surface area contributed by atoms with Crippen LogP contribution in [0.2, 0.25) is 0 Å². The predicted molar refractivity (Wildman–Crippen MR) is 67.6 cm³/mol. The van der Waals surface area contributed by atoms with Gasteiger partial charge in [0.2, 0.25) is 5.91 Å². The highest BCUT2D eigenvalue weighted by Crippen LogP contribution is 2.30. The number of likely N-dealkylation sites (tertiary alicyclic amines) is 1. The maximum atomic E-state index is 12.2. The van der Waals surface area contributed by atoms with Crippen molar-refractivity contribution in [3.63, 3.8) is 0 Å². The van der Waals surface area contributed by atoms with Crippen LogP contribution >= 0.6 is 0 Å². The minimum atomic E-state index is -0.412. The van der Waals surface area contributed by atoms with Crippen molar-refractivity contribution in [1.29, 1.82) is 0 Å². The van der Waals surface area contributed by atoms with Crippen LogP contribution in [0.4, 0.5) is 0 Å². The number of nitrogens with two attached hydrogens (primary N) is 1. The molecule has 1 aromatic rings. The number of hydrogen-bond donors (Lipinski definition) is 3. The monoisotopic (exact) mass is 264 g/mol. The average Bonchev–Trinajstić information content (AvgIpc) is 2.41. The van der Waals surface area contributed by atoms with Crippen molar-refractivity contribution in [2.24, 2.45) is 11.7 Å². The Kier molecular flexibility index (Phi) is 3.59. The molecule has 1 saturated heterocycles. The molecule has 6 heteroatoms. The van der Waals surface area contributed by atoms with Gasteiger partial charge in [-0.2, -0.15) is 0 Å². The van der Waals surface area contributed by atoms with Crippen molar-refractivity contribution >= 4 is 11.8 Å². The third kappa shape index (κ3) is 2.62. The smallest absolute Gasteiger partial charge is 0.257 e. The van der Waals surface area contributed by atoms with E-state index in [0.29, 0.717) is 25.9 Å². The van der Waals surface area contributed by atoms with E-state index in [1.165, 1.54) is 18.2 Å². The number of carbonyl (C=O) groups excluding carboxylic acids is 2. The number of aromatic hydroxyl groups is 2. The maximum absolute atomic E-state index is 12.2. The van der Waals surface area contributed by atoms with Crippen LogP contribution in [-0.2, 0) is 4.79 Å². The largest absolute Gasteiger partial charge is 0.504 e. The molecule has 0 bridgehead atoms. The van der Waals surface area contributed by atoms with E-state index in [1.54, 1.807) is 4.90 Å². The number of primary amides is 1. The Morgan fingerprint density at radius 1 is 1.21 bits per heavy atom. The van der Waals surface area contributed by atoms with E-state index >= 15 is 0 Å². The van der Waals surface area contributed by atoms with Crippen molar-refractivity contribution in [1.82, 2.24) is 4.90 Å². The van der Waals surface area contributed by atoms with Crippen molar-refractivity contribution in [2.45, 2.75) is 12.8 Å². The first kappa shape index (κ1) is 13.2. The number of nitrogens with zero attached hydrogens (tertiary/aromatic N) is 1. The van der Waals surface area contributed by atoms with Crippen molar-refractivity contribution in [2.75, 3.05) is 13.1 Å². The SMILES string of the molecule is NC(=O)C1CCN(C(=O)c2cccc(O)c2O)CC1. The molecule has 1 aliphatic heterocycles. The molecular formula is C13H16N2O4. The van der Waals surface area contributed by atoms with Crippen LogP contribution in [0.5, 0.6) is 11.5 Å². The number of piperidine rings is 1. The first-order chi connectivity index (χ1) is 9.00. The van der Waals surface area contributed by atoms with Gasteiger partial charge in [-0.1, -0.05) is 6.07 Å². The van der Waals surface area contributed by atoms with Gasteiger partial charge in [0, 0.05) is 19.0 Å². The molecular weight excluding hydrogens is 248 g/mol. The molecule has 2 rings (SSSR count). The van der Waals surface area contributed by atoms with Gasteiger partial charge < -0.3 is 20.8 Å². The lowest BCUT2D eigenvalue weighted by atomic mass is 9.96. The average molecular weight is 264 g/mol. The molecule has 0 spiro atoms. The number of phenolic OH excluding ortho intramolecular Hbond substituents is 2. The summed E-state index contributed by atoms with van der Waals surface area (Å²) in [7, 11) is 0. The Bertz CT molecular complexity index is 507. The third-order valence-corrected chi connectivity index (χ3v) is 3.43. The predicted octanol–water partition coefficient (Wildman–Crippen LogP) is 0.435. The number of para-hydroxylation sites is 1. The summed E-state index contributed by atoms with van der Waals surface area (Å²) >= 11 is 0. The summed E-state index contributed by atoms with van der Waals surface area (Å²) in [6.07, 6.45) is 1.06. The summed E-state index contributed by atoms with van der Waals surface area (Å²) in [5.74, 6) is -1.62. The van der Waals surface area contributed by atoms with Crippen LogP contribution in [0.1, 0.15) is 23.2 Å². The normalized spacial score (nSPS) is 16.3. The first-order valence-corrected chi connectivity index (χ1v) is 6.10. The van der Waals surface area contributed by atoms with E-state index in [9.17, 15) is 19.8 Å². The van der Waals surface area contributed by atoms with E-state index in [-0.39, 0.29) is 29.0 Å². The quantitative estimate of drug-likeness (QED) is 0.674. The molecule has 19 heavy (non-hydrogen) atoms. The van der Waals surface area contributed by atoms with Gasteiger partial charge in [-0.15, -0.1) is 0 Å². The molecule has 1 aromatic carbocycles. The van der Waals surface area contributed by atoms with Crippen LogP contribution in [-0.4, -0.2) is 40.0 Å². The van der Waals surface area contributed by atoms with Gasteiger partial charge in [0.25, 0.3) is 5.91 Å². The Hall–Kier alpha value is -2.24. The van der Waals surface area contributed by atoms with Gasteiger partial charge >= 0.3 is 0 Å². The molecule has 4 N–H and O–H groups in total. The second kappa shape index (κ2) is 5.17. The zero-order valence-electron chi connectivity index (χ0n) is 10.4. The van der Waals surface area contributed by atoms with Gasteiger partial charge in [0.05, 0.1) is 5.56 Å². The fraction of sp³-hybridized carbons (Fsp3) is 0.385. The summed E-state index contributed by atoms with van der Waals surface area (Å²) in [6.45, 7) is 0.836. The van der Waals surface area contributed by atoms with E-state index in [1.807, 2.05) is 0 Å². The minimum absolute atomic E-state index is 0.0672. The first-order valence-electron chi connectivity index (χ1n) is 6.10. The number of carbonyl (C=O) groups is 2. The standard InChI is InChI=1S/C13H16N2O4/c14-12(18)8-4-6-15(7-5-8)13(19)9-2-1-3-10(16)11(9)17/h1-3,8,16-17H,4-7H2,(H2,14,18). The summed E-state index contributed by atoms with van der Waals surface area (Å²) < 4.78 is 0. The molecule has 1 fully saturated rings.